The lowest BCUT2D eigenvalue weighted by atomic mass is 9.91. The van der Waals surface area contributed by atoms with Crippen molar-refractivity contribution in [3.63, 3.8) is 0 Å². The Morgan fingerprint density at radius 3 is 2.27 bits per heavy atom. The number of carbonyl (C=O) groups excluding carboxylic acids is 2. The predicted octanol–water partition coefficient (Wildman–Crippen LogP) is 2.83. The molecule has 0 radical (unpaired) electrons. The van der Waals surface area contributed by atoms with Gasteiger partial charge < -0.3 is 16.0 Å². The van der Waals surface area contributed by atoms with Crippen molar-refractivity contribution in [2.24, 2.45) is 11.5 Å². The van der Waals surface area contributed by atoms with E-state index >= 15 is 0 Å². The number of nitrogens with zero attached hydrogens (tertiary/aromatic N) is 3. The van der Waals surface area contributed by atoms with Crippen molar-refractivity contribution >= 4 is 11.8 Å². The number of hydrogen-bond donors (Lipinski definition) is 2. The van der Waals surface area contributed by atoms with E-state index in [0.29, 0.717) is 22.3 Å². The number of benzene rings is 2. The molecule has 3 aromatic rings. The lowest BCUT2D eigenvalue weighted by molar-refractivity contribution is -0.147. The van der Waals surface area contributed by atoms with Crippen molar-refractivity contribution in [1.29, 1.82) is 0 Å². The standard InChI is InChI=1S/C20H18F3N5O2/c1-10-8-12(9-28-11(2)26-27-19(28)20(21,22)23)6-7-13(10)14-4-3-5-15(17(24)29)16(14)18(25)30/h3-8H,9H2,1-2H3,(H2,24,29)(H2,25,30). The van der Waals surface area contributed by atoms with Crippen molar-refractivity contribution in [3.8, 4) is 11.1 Å². The van der Waals surface area contributed by atoms with Gasteiger partial charge in [-0.05, 0) is 42.2 Å². The van der Waals surface area contributed by atoms with Gasteiger partial charge in [0.15, 0.2) is 0 Å². The summed E-state index contributed by atoms with van der Waals surface area (Å²) >= 11 is 0. The molecule has 0 saturated heterocycles. The maximum atomic E-state index is 13.1. The Morgan fingerprint density at radius 1 is 1.00 bits per heavy atom. The average Bonchev–Trinajstić information content (AvgIpc) is 3.02. The predicted molar refractivity (Wildman–Crippen MR) is 103 cm³/mol. The van der Waals surface area contributed by atoms with Crippen LogP contribution in [-0.4, -0.2) is 26.6 Å². The molecule has 7 nitrogen and oxygen atoms in total. The smallest absolute Gasteiger partial charge is 0.366 e. The van der Waals surface area contributed by atoms with Crippen LogP contribution in [0.4, 0.5) is 13.2 Å². The molecule has 4 N–H and O–H groups in total. The van der Waals surface area contributed by atoms with Crippen LogP contribution in [0, 0.1) is 13.8 Å². The molecule has 0 aliphatic rings. The number of rotatable bonds is 5. The molecule has 0 fully saturated rings. The first kappa shape index (κ1) is 21.0. The van der Waals surface area contributed by atoms with Gasteiger partial charge >= 0.3 is 6.18 Å². The van der Waals surface area contributed by atoms with Gasteiger partial charge in [0.1, 0.15) is 5.82 Å². The van der Waals surface area contributed by atoms with Gasteiger partial charge in [-0.3, -0.25) is 9.59 Å². The Bertz CT molecular complexity index is 1150. The SMILES string of the molecule is Cc1cc(Cn2c(C)nnc2C(F)(F)F)ccc1-c1cccc(C(N)=O)c1C(N)=O. The molecule has 156 valence electrons. The molecule has 0 bridgehead atoms. The number of primary amides is 2. The summed E-state index contributed by atoms with van der Waals surface area (Å²) in [4.78, 5) is 23.6. The van der Waals surface area contributed by atoms with Crippen molar-refractivity contribution in [3.05, 3.63) is 70.3 Å². The molecule has 30 heavy (non-hydrogen) atoms. The van der Waals surface area contributed by atoms with Crippen LogP contribution in [0.25, 0.3) is 11.1 Å². The molecule has 0 atom stereocenters. The molecule has 0 aliphatic carbocycles. The van der Waals surface area contributed by atoms with Crippen LogP contribution in [0.3, 0.4) is 0 Å². The van der Waals surface area contributed by atoms with Crippen LogP contribution in [0.1, 0.15) is 43.5 Å². The van der Waals surface area contributed by atoms with E-state index in [-0.39, 0.29) is 23.5 Å². The first-order valence-electron chi connectivity index (χ1n) is 8.80. The fourth-order valence-corrected chi connectivity index (χ4v) is 3.34. The topological polar surface area (TPSA) is 117 Å². The second-order valence-electron chi connectivity index (χ2n) is 6.76. The molecule has 0 saturated carbocycles. The zero-order chi connectivity index (χ0) is 22.2. The number of amides is 2. The van der Waals surface area contributed by atoms with E-state index in [9.17, 15) is 22.8 Å². The second-order valence-corrected chi connectivity index (χ2v) is 6.76. The number of aryl methyl sites for hydroxylation is 2. The number of hydrogen-bond acceptors (Lipinski definition) is 4. The lowest BCUT2D eigenvalue weighted by Crippen LogP contribution is -2.21. The van der Waals surface area contributed by atoms with E-state index in [1.54, 1.807) is 37.3 Å². The Morgan fingerprint density at radius 2 is 1.70 bits per heavy atom. The van der Waals surface area contributed by atoms with E-state index in [0.717, 1.165) is 4.57 Å². The van der Waals surface area contributed by atoms with Gasteiger partial charge in [0.05, 0.1) is 17.7 Å². The fraction of sp³-hybridized carbons (Fsp3) is 0.200. The van der Waals surface area contributed by atoms with Crippen molar-refractivity contribution in [1.82, 2.24) is 14.8 Å². The minimum absolute atomic E-state index is 0.00147. The van der Waals surface area contributed by atoms with Gasteiger partial charge in [-0.15, -0.1) is 10.2 Å². The minimum atomic E-state index is -4.62. The summed E-state index contributed by atoms with van der Waals surface area (Å²) in [6.45, 7) is 3.10. The Labute approximate surface area is 169 Å². The first-order chi connectivity index (χ1) is 14.0. The normalized spacial score (nSPS) is 11.5. The third-order valence-corrected chi connectivity index (χ3v) is 4.69. The van der Waals surface area contributed by atoms with Crippen LogP contribution < -0.4 is 11.5 Å². The number of alkyl halides is 3. The lowest BCUT2D eigenvalue weighted by Gasteiger charge is -2.15. The number of aromatic nitrogens is 3. The molecule has 2 amide bonds. The molecule has 10 heteroatoms. The van der Waals surface area contributed by atoms with Crippen LogP contribution in [-0.2, 0) is 12.7 Å². The molecule has 1 heterocycles. The van der Waals surface area contributed by atoms with Crippen molar-refractivity contribution < 1.29 is 22.8 Å². The summed E-state index contributed by atoms with van der Waals surface area (Å²) in [6, 6.07) is 9.58. The highest BCUT2D eigenvalue weighted by molar-refractivity contribution is 6.10. The summed E-state index contributed by atoms with van der Waals surface area (Å²) in [7, 11) is 0. The van der Waals surface area contributed by atoms with Gasteiger partial charge in [-0.25, -0.2) is 0 Å². The van der Waals surface area contributed by atoms with Gasteiger partial charge in [0.2, 0.25) is 17.6 Å². The average molecular weight is 417 g/mol. The molecule has 0 aliphatic heterocycles. The van der Waals surface area contributed by atoms with E-state index in [1.165, 1.54) is 13.0 Å². The quantitative estimate of drug-likeness (QED) is 0.664. The van der Waals surface area contributed by atoms with Crippen LogP contribution in [0.15, 0.2) is 36.4 Å². The third kappa shape index (κ3) is 3.88. The highest BCUT2D eigenvalue weighted by atomic mass is 19.4. The summed E-state index contributed by atoms with van der Waals surface area (Å²) < 4.78 is 40.4. The van der Waals surface area contributed by atoms with Crippen LogP contribution in [0.2, 0.25) is 0 Å². The molecular formula is C20H18F3N5O2. The molecule has 0 unspecified atom stereocenters. The molecule has 2 aromatic carbocycles. The van der Waals surface area contributed by atoms with E-state index in [2.05, 4.69) is 10.2 Å². The number of halogens is 3. The Hall–Kier alpha value is -3.69. The molecule has 3 rings (SSSR count). The first-order valence-corrected chi connectivity index (χ1v) is 8.80. The molecular weight excluding hydrogens is 399 g/mol. The van der Waals surface area contributed by atoms with Gasteiger partial charge in [0.25, 0.3) is 0 Å². The van der Waals surface area contributed by atoms with Gasteiger partial charge in [0, 0.05) is 0 Å². The highest BCUT2D eigenvalue weighted by Crippen LogP contribution is 2.31. The van der Waals surface area contributed by atoms with E-state index in [4.69, 9.17) is 11.5 Å². The van der Waals surface area contributed by atoms with E-state index in [1.807, 2.05) is 0 Å². The largest absolute Gasteiger partial charge is 0.451 e. The van der Waals surface area contributed by atoms with Gasteiger partial charge in [-0.2, -0.15) is 13.2 Å². The number of carbonyl (C=O) groups is 2. The third-order valence-electron chi connectivity index (χ3n) is 4.69. The fourth-order valence-electron chi connectivity index (χ4n) is 3.34. The Balaban J connectivity index is 2.05. The second kappa shape index (κ2) is 7.62. The van der Waals surface area contributed by atoms with Gasteiger partial charge in [-0.1, -0.05) is 30.3 Å². The Kier molecular flexibility index (Phi) is 5.34. The highest BCUT2D eigenvalue weighted by Gasteiger charge is 2.37. The van der Waals surface area contributed by atoms with Crippen LogP contribution in [0.5, 0.6) is 0 Å². The minimum Gasteiger partial charge on any atom is -0.366 e. The monoisotopic (exact) mass is 417 g/mol. The van der Waals surface area contributed by atoms with Crippen molar-refractivity contribution in [2.75, 3.05) is 0 Å². The van der Waals surface area contributed by atoms with Crippen LogP contribution >= 0.6 is 0 Å². The summed E-state index contributed by atoms with van der Waals surface area (Å²) in [5, 5.41) is 6.74. The molecule has 0 spiro atoms. The zero-order valence-electron chi connectivity index (χ0n) is 16.1. The zero-order valence-corrected chi connectivity index (χ0v) is 16.1. The summed E-state index contributed by atoms with van der Waals surface area (Å²) in [5.74, 6) is -2.54. The number of nitrogens with two attached hydrogens (primary N) is 2. The summed E-state index contributed by atoms with van der Waals surface area (Å²) in [5.41, 5.74) is 13.1. The molecule has 1 aromatic heterocycles. The van der Waals surface area contributed by atoms with E-state index < -0.39 is 23.8 Å². The summed E-state index contributed by atoms with van der Waals surface area (Å²) in [6.07, 6.45) is -4.62. The maximum Gasteiger partial charge on any atom is 0.451 e. The maximum absolute atomic E-state index is 13.1. The van der Waals surface area contributed by atoms with Crippen molar-refractivity contribution in [2.45, 2.75) is 26.6 Å².